The number of rotatable bonds is 8. The van der Waals surface area contributed by atoms with Crippen molar-refractivity contribution in [1.29, 1.82) is 0 Å². The van der Waals surface area contributed by atoms with E-state index in [0.29, 0.717) is 23.5 Å². The Balaban J connectivity index is 2.34. The number of ether oxygens (including phenoxy) is 4. The van der Waals surface area contributed by atoms with Crippen LogP contribution in [0.15, 0.2) is 42.5 Å². The van der Waals surface area contributed by atoms with E-state index in [-0.39, 0.29) is 17.2 Å². The molecule has 0 aliphatic heterocycles. The zero-order valence-corrected chi connectivity index (χ0v) is 17.7. The maximum absolute atomic E-state index is 11.4. The molecule has 0 aliphatic rings. The Morgan fingerprint density at radius 2 is 1.45 bits per heavy atom. The Bertz CT molecular complexity index is 993. The Morgan fingerprint density at radius 3 is 2.06 bits per heavy atom. The summed E-state index contributed by atoms with van der Waals surface area (Å²) in [4.78, 5) is 34.0. The molecule has 8 nitrogen and oxygen atoms in total. The van der Waals surface area contributed by atoms with Gasteiger partial charge in [-0.3, -0.25) is 14.4 Å². The molecule has 0 bridgehead atoms. The van der Waals surface area contributed by atoms with E-state index in [9.17, 15) is 19.5 Å². The molecule has 0 aromatic heterocycles. The van der Waals surface area contributed by atoms with Gasteiger partial charge in [0, 0.05) is 44.0 Å². The average Bonchev–Trinajstić information content (AvgIpc) is 2.66. The molecule has 0 fully saturated rings. The van der Waals surface area contributed by atoms with E-state index in [2.05, 4.69) is 0 Å². The van der Waals surface area contributed by atoms with Gasteiger partial charge >= 0.3 is 17.9 Å². The summed E-state index contributed by atoms with van der Waals surface area (Å²) in [5.74, 6) is -0.575. The van der Waals surface area contributed by atoms with Crippen LogP contribution < -0.4 is 18.9 Å². The fourth-order valence-electron chi connectivity index (χ4n) is 2.68. The van der Waals surface area contributed by atoms with Crippen molar-refractivity contribution in [3.05, 3.63) is 53.6 Å². The molecule has 31 heavy (non-hydrogen) atoms. The van der Waals surface area contributed by atoms with Gasteiger partial charge in [0.1, 0.15) is 29.1 Å². The first kappa shape index (κ1) is 23.6. The lowest BCUT2D eigenvalue weighted by Crippen LogP contribution is -2.07. The van der Waals surface area contributed by atoms with Crippen molar-refractivity contribution in [2.75, 3.05) is 6.61 Å². The average molecular weight is 428 g/mol. The number of benzene rings is 2. The van der Waals surface area contributed by atoms with Crippen LogP contribution >= 0.6 is 0 Å². The van der Waals surface area contributed by atoms with Crippen LogP contribution in [0, 0.1) is 0 Å². The highest BCUT2D eigenvalue weighted by Crippen LogP contribution is 2.32. The van der Waals surface area contributed by atoms with Gasteiger partial charge in [-0.05, 0) is 31.2 Å². The predicted octanol–water partition coefficient (Wildman–Crippen LogP) is 3.61. The normalized spacial score (nSPS) is 11.6. The summed E-state index contributed by atoms with van der Waals surface area (Å²) >= 11 is 0. The van der Waals surface area contributed by atoms with Crippen molar-refractivity contribution < 1.29 is 38.4 Å². The first-order chi connectivity index (χ1) is 14.7. The van der Waals surface area contributed by atoms with Crippen molar-refractivity contribution >= 4 is 24.0 Å². The highest BCUT2D eigenvalue weighted by atomic mass is 16.5. The minimum Gasteiger partial charge on any atom is -0.494 e. The third-order valence-electron chi connectivity index (χ3n) is 3.83. The fraction of sp³-hybridized carbons (Fsp3) is 0.261. The number of hydrogen-bond acceptors (Lipinski definition) is 8. The third kappa shape index (κ3) is 7.27. The Hall–Kier alpha value is -3.65. The molecule has 0 saturated heterocycles. The number of aliphatic hydroxyl groups is 1. The molecule has 164 valence electrons. The van der Waals surface area contributed by atoms with Gasteiger partial charge in [0.25, 0.3) is 0 Å². The standard InChI is InChI=1S/C23H24O8/c1-5-28-18-9-10-20(23(12-18)31-16(4)26)21(27)11-7-17-6-8-19(29-14(2)24)13-22(17)30-15(3)25/h6-13,21,27H,5H2,1-4H3. The van der Waals surface area contributed by atoms with Crippen LogP contribution in [0.2, 0.25) is 0 Å². The molecule has 8 heteroatoms. The lowest BCUT2D eigenvalue weighted by Gasteiger charge is -2.14. The van der Waals surface area contributed by atoms with Gasteiger partial charge in [-0.25, -0.2) is 0 Å². The molecular formula is C23H24O8. The molecule has 0 spiro atoms. The number of hydrogen-bond donors (Lipinski definition) is 1. The zero-order valence-electron chi connectivity index (χ0n) is 17.7. The molecule has 1 N–H and O–H groups in total. The van der Waals surface area contributed by atoms with E-state index >= 15 is 0 Å². The van der Waals surface area contributed by atoms with Gasteiger partial charge in [-0.1, -0.05) is 12.2 Å². The summed E-state index contributed by atoms with van der Waals surface area (Å²) in [5.41, 5.74) is 0.811. The second kappa shape index (κ2) is 10.9. The van der Waals surface area contributed by atoms with Crippen LogP contribution in [0.25, 0.3) is 6.08 Å². The molecule has 0 heterocycles. The lowest BCUT2D eigenvalue weighted by molar-refractivity contribution is -0.133. The maximum Gasteiger partial charge on any atom is 0.308 e. The summed E-state index contributed by atoms with van der Waals surface area (Å²) in [6.07, 6.45) is 1.84. The molecule has 1 unspecified atom stereocenters. The van der Waals surface area contributed by atoms with E-state index in [0.717, 1.165) is 0 Å². The van der Waals surface area contributed by atoms with Gasteiger partial charge in [-0.2, -0.15) is 0 Å². The summed E-state index contributed by atoms with van der Waals surface area (Å²) < 4.78 is 20.8. The van der Waals surface area contributed by atoms with Gasteiger partial charge in [0.15, 0.2) is 0 Å². The monoisotopic (exact) mass is 428 g/mol. The second-order valence-corrected chi connectivity index (χ2v) is 6.42. The number of carbonyl (C=O) groups excluding carboxylic acids is 3. The predicted molar refractivity (Wildman–Crippen MR) is 112 cm³/mol. The van der Waals surface area contributed by atoms with E-state index in [1.54, 1.807) is 18.2 Å². The minimum absolute atomic E-state index is 0.154. The molecule has 0 saturated carbocycles. The van der Waals surface area contributed by atoms with Crippen LogP contribution in [-0.4, -0.2) is 29.6 Å². The van der Waals surface area contributed by atoms with Gasteiger partial charge in [0.05, 0.1) is 6.61 Å². The van der Waals surface area contributed by atoms with E-state index in [4.69, 9.17) is 18.9 Å². The SMILES string of the molecule is CCOc1ccc(C(O)C=Cc2ccc(OC(C)=O)cc2OC(C)=O)c(OC(C)=O)c1. The fourth-order valence-corrected chi connectivity index (χ4v) is 2.68. The largest absolute Gasteiger partial charge is 0.494 e. The number of carbonyl (C=O) groups is 3. The molecular weight excluding hydrogens is 404 g/mol. The van der Waals surface area contributed by atoms with Gasteiger partial charge in [-0.15, -0.1) is 0 Å². The number of aliphatic hydroxyl groups excluding tert-OH is 1. The van der Waals surface area contributed by atoms with Crippen molar-refractivity contribution in [2.24, 2.45) is 0 Å². The van der Waals surface area contributed by atoms with Gasteiger partial charge < -0.3 is 24.1 Å². The molecule has 2 aromatic carbocycles. The summed E-state index contributed by atoms with van der Waals surface area (Å²) in [6.45, 7) is 6.02. The molecule has 0 aliphatic carbocycles. The highest BCUT2D eigenvalue weighted by molar-refractivity contribution is 5.74. The zero-order chi connectivity index (χ0) is 23.0. The van der Waals surface area contributed by atoms with Crippen LogP contribution in [0.5, 0.6) is 23.0 Å². The minimum atomic E-state index is -1.14. The van der Waals surface area contributed by atoms with E-state index in [1.807, 2.05) is 6.92 Å². The van der Waals surface area contributed by atoms with Crippen molar-refractivity contribution in [1.82, 2.24) is 0 Å². The van der Waals surface area contributed by atoms with Crippen molar-refractivity contribution in [3.63, 3.8) is 0 Å². The highest BCUT2D eigenvalue weighted by Gasteiger charge is 2.15. The topological polar surface area (TPSA) is 108 Å². The van der Waals surface area contributed by atoms with Crippen LogP contribution in [-0.2, 0) is 14.4 Å². The van der Waals surface area contributed by atoms with Crippen LogP contribution in [0.4, 0.5) is 0 Å². The molecule has 2 rings (SSSR count). The molecule has 1 atom stereocenters. The Kier molecular flexibility index (Phi) is 8.33. The smallest absolute Gasteiger partial charge is 0.308 e. The summed E-state index contributed by atoms with van der Waals surface area (Å²) in [5, 5.41) is 10.6. The summed E-state index contributed by atoms with van der Waals surface area (Å²) in [7, 11) is 0. The lowest BCUT2D eigenvalue weighted by atomic mass is 10.1. The van der Waals surface area contributed by atoms with Crippen LogP contribution in [0.1, 0.15) is 44.9 Å². The number of esters is 3. The van der Waals surface area contributed by atoms with Crippen LogP contribution in [0.3, 0.4) is 0 Å². The van der Waals surface area contributed by atoms with Crippen molar-refractivity contribution in [3.8, 4) is 23.0 Å². The molecule has 2 aromatic rings. The Labute approximate surface area is 180 Å². The van der Waals surface area contributed by atoms with E-state index < -0.39 is 24.0 Å². The van der Waals surface area contributed by atoms with Crippen molar-refractivity contribution in [2.45, 2.75) is 33.8 Å². The Morgan fingerprint density at radius 1 is 0.871 bits per heavy atom. The summed E-state index contributed by atoms with van der Waals surface area (Å²) in [6, 6.07) is 9.27. The maximum atomic E-state index is 11.4. The first-order valence-corrected chi connectivity index (χ1v) is 9.52. The molecule has 0 amide bonds. The quantitative estimate of drug-likeness (QED) is 0.502. The third-order valence-corrected chi connectivity index (χ3v) is 3.83. The van der Waals surface area contributed by atoms with E-state index in [1.165, 1.54) is 51.1 Å². The second-order valence-electron chi connectivity index (χ2n) is 6.42. The van der Waals surface area contributed by atoms with Gasteiger partial charge in [0.2, 0.25) is 0 Å². The first-order valence-electron chi connectivity index (χ1n) is 9.52. The molecule has 0 radical (unpaired) electrons.